The van der Waals surface area contributed by atoms with Crippen molar-refractivity contribution in [1.29, 1.82) is 0 Å². The van der Waals surface area contributed by atoms with Crippen molar-refractivity contribution in [2.75, 3.05) is 5.73 Å². The van der Waals surface area contributed by atoms with E-state index in [4.69, 9.17) is 10.5 Å². The predicted octanol–water partition coefficient (Wildman–Crippen LogP) is 2.18. The highest BCUT2D eigenvalue weighted by Crippen LogP contribution is 2.19. The Hall–Kier alpha value is -2.49. The molecule has 1 aromatic heterocycles. The van der Waals surface area contributed by atoms with Crippen LogP contribution in [0.5, 0.6) is 5.75 Å². The summed E-state index contributed by atoms with van der Waals surface area (Å²) in [5.41, 5.74) is 6.39. The molecule has 3 N–H and O–H groups in total. The number of nitrogens with zero attached hydrogens (tertiary/aromatic N) is 2. The molecule has 9 heteroatoms. The fourth-order valence-corrected chi connectivity index (χ4v) is 3.58. The number of hydrogen-bond acceptors (Lipinski definition) is 7. The Morgan fingerprint density at radius 3 is 2.40 bits per heavy atom. The van der Waals surface area contributed by atoms with Gasteiger partial charge in [0.1, 0.15) is 12.4 Å². The first kappa shape index (κ1) is 17.3. The van der Waals surface area contributed by atoms with Crippen LogP contribution in [0.15, 0.2) is 59.5 Å². The van der Waals surface area contributed by atoms with Crippen molar-refractivity contribution in [3.8, 4) is 5.75 Å². The molecule has 3 rings (SSSR count). The summed E-state index contributed by atoms with van der Waals surface area (Å²) in [7, 11) is -3.58. The second-order valence-electron chi connectivity index (χ2n) is 5.10. The van der Waals surface area contributed by atoms with Gasteiger partial charge in [-0.15, -0.1) is 10.2 Å². The van der Waals surface area contributed by atoms with Crippen LogP contribution >= 0.6 is 11.3 Å². The Kier molecular flexibility index (Phi) is 5.27. The van der Waals surface area contributed by atoms with Gasteiger partial charge < -0.3 is 10.5 Å². The fourth-order valence-electron chi connectivity index (χ4n) is 2.04. The number of rotatable bonds is 7. The van der Waals surface area contributed by atoms with E-state index in [-0.39, 0.29) is 18.0 Å². The molecule has 25 heavy (non-hydrogen) atoms. The number of hydrogen-bond donors (Lipinski definition) is 2. The molecule has 130 valence electrons. The molecule has 0 aliphatic rings. The van der Waals surface area contributed by atoms with E-state index in [1.54, 1.807) is 12.1 Å². The van der Waals surface area contributed by atoms with Gasteiger partial charge >= 0.3 is 0 Å². The van der Waals surface area contributed by atoms with Crippen molar-refractivity contribution < 1.29 is 13.2 Å². The minimum Gasteiger partial charge on any atom is -0.486 e. The topological polar surface area (TPSA) is 107 Å². The van der Waals surface area contributed by atoms with Gasteiger partial charge in [0.25, 0.3) is 0 Å². The molecule has 0 saturated heterocycles. The van der Waals surface area contributed by atoms with E-state index in [9.17, 15) is 8.42 Å². The normalized spacial score (nSPS) is 11.4. The molecule has 0 bridgehead atoms. The van der Waals surface area contributed by atoms with E-state index in [2.05, 4.69) is 14.9 Å². The summed E-state index contributed by atoms with van der Waals surface area (Å²) in [5, 5.41) is 8.58. The van der Waals surface area contributed by atoms with Gasteiger partial charge in [0.05, 0.1) is 4.90 Å². The average Bonchev–Trinajstić information content (AvgIpc) is 3.05. The zero-order valence-electron chi connectivity index (χ0n) is 13.1. The third-order valence-electron chi connectivity index (χ3n) is 3.29. The van der Waals surface area contributed by atoms with Gasteiger partial charge in [-0.05, 0) is 29.8 Å². The molecule has 2 aromatic carbocycles. The largest absolute Gasteiger partial charge is 0.486 e. The van der Waals surface area contributed by atoms with Crippen LogP contribution in [-0.2, 0) is 23.2 Å². The van der Waals surface area contributed by atoms with Crippen LogP contribution in [0.3, 0.4) is 0 Å². The minimum atomic E-state index is -3.58. The number of anilines is 1. The first-order valence-corrected chi connectivity index (χ1v) is 9.67. The SMILES string of the molecule is Nc1nnc(COc2ccc(S(=O)(=O)NCc3ccccc3)cc2)s1. The second-order valence-corrected chi connectivity index (χ2v) is 7.96. The van der Waals surface area contributed by atoms with Crippen molar-refractivity contribution in [3.63, 3.8) is 0 Å². The van der Waals surface area contributed by atoms with Crippen LogP contribution in [-0.4, -0.2) is 18.6 Å². The predicted molar refractivity (Wildman–Crippen MR) is 95.6 cm³/mol. The second kappa shape index (κ2) is 7.60. The Morgan fingerprint density at radius 2 is 1.76 bits per heavy atom. The number of nitrogen functional groups attached to an aromatic ring is 1. The standard InChI is InChI=1S/C16H16N4O3S2/c17-16-20-19-15(24-16)11-23-13-6-8-14(9-7-13)25(21,22)18-10-12-4-2-1-3-5-12/h1-9,18H,10-11H2,(H2,17,20). The Balaban J connectivity index is 1.60. The van der Waals surface area contributed by atoms with E-state index in [1.807, 2.05) is 30.3 Å². The molecule has 0 radical (unpaired) electrons. The lowest BCUT2D eigenvalue weighted by Crippen LogP contribution is -2.23. The summed E-state index contributed by atoms with van der Waals surface area (Å²) in [5.74, 6) is 0.538. The summed E-state index contributed by atoms with van der Waals surface area (Å²) in [6.45, 7) is 0.465. The molecular weight excluding hydrogens is 360 g/mol. The number of nitrogens with two attached hydrogens (primary N) is 1. The molecule has 0 atom stereocenters. The lowest BCUT2D eigenvalue weighted by Gasteiger charge is -2.08. The number of aromatic nitrogens is 2. The molecule has 0 spiro atoms. The van der Waals surface area contributed by atoms with Crippen molar-refractivity contribution in [3.05, 3.63) is 65.2 Å². The number of ether oxygens (including phenoxy) is 1. The summed E-state index contributed by atoms with van der Waals surface area (Å²) >= 11 is 1.24. The highest BCUT2D eigenvalue weighted by molar-refractivity contribution is 7.89. The summed E-state index contributed by atoms with van der Waals surface area (Å²) < 4.78 is 32.7. The smallest absolute Gasteiger partial charge is 0.240 e. The van der Waals surface area contributed by atoms with E-state index >= 15 is 0 Å². The fraction of sp³-hybridized carbons (Fsp3) is 0.125. The molecule has 0 amide bonds. The highest BCUT2D eigenvalue weighted by atomic mass is 32.2. The Bertz CT molecular complexity index is 926. The first-order valence-electron chi connectivity index (χ1n) is 7.37. The number of benzene rings is 2. The molecule has 0 unspecified atom stereocenters. The van der Waals surface area contributed by atoms with E-state index < -0.39 is 10.0 Å². The molecule has 7 nitrogen and oxygen atoms in total. The van der Waals surface area contributed by atoms with Gasteiger partial charge in [-0.1, -0.05) is 41.7 Å². The summed E-state index contributed by atoms with van der Waals surface area (Å²) in [6, 6.07) is 15.5. The minimum absolute atomic E-state index is 0.177. The monoisotopic (exact) mass is 376 g/mol. The summed E-state index contributed by atoms with van der Waals surface area (Å²) in [4.78, 5) is 0.177. The van der Waals surface area contributed by atoms with Crippen LogP contribution in [0.2, 0.25) is 0 Å². The Morgan fingerprint density at radius 1 is 1.04 bits per heavy atom. The van der Waals surface area contributed by atoms with Gasteiger partial charge in [-0.3, -0.25) is 0 Å². The number of sulfonamides is 1. The van der Waals surface area contributed by atoms with Crippen molar-refractivity contribution in [2.45, 2.75) is 18.0 Å². The average molecular weight is 376 g/mol. The van der Waals surface area contributed by atoms with E-state index in [0.717, 1.165) is 5.56 Å². The molecule has 0 saturated carbocycles. The number of nitrogens with one attached hydrogen (secondary N) is 1. The van der Waals surface area contributed by atoms with Crippen LogP contribution < -0.4 is 15.2 Å². The third kappa shape index (κ3) is 4.75. The van der Waals surface area contributed by atoms with Gasteiger partial charge in [-0.25, -0.2) is 13.1 Å². The maximum Gasteiger partial charge on any atom is 0.240 e. The van der Waals surface area contributed by atoms with Crippen LogP contribution in [0.1, 0.15) is 10.6 Å². The van der Waals surface area contributed by atoms with Crippen LogP contribution in [0.25, 0.3) is 0 Å². The Labute approximate surface area is 149 Å². The molecule has 1 heterocycles. The van der Waals surface area contributed by atoms with E-state index in [1.165, 1.54) is 23.5 Å². The van der Waals surface area contributed by atoms with Crippen LogP contribution in [0.4, 0.5) is 5.13 Å². The maximum atomic E-state index is 12.3. The van der Waals surface area contributed by atoms with Crippen LogP contribution in [0, 0.1) is 0 Å². The van der Waals surface area contributed by atoms with Gasteiger partial charge in [0.15, 0.2) is 5.01 Å². The van der Waals surface area contributed by atoms with Crippen molar-refractivity contribution in [1.82, 2.24) is 14.9 Å². The van der Waals surface area contributed by atoms with E-state index in [0.29, 0.717) is 15.9 Å². The quantitative estimate of drug-likeness (QED) is 0.654. The summed E-state index contributed by atoms with van der Waals surface area (Å²) in [6.07, 6.45) is 0. The zero-order chi connectivity index (χ0) is 17.7. The third-order valence-corrected chi connectivity index (χ3v) is 5.43. The highest BCUT2D eigenvalue weighted by Gasteiger charge is 2.13. The molecular formula is C16H16N4O3S2. The van der Waals surface area contributed by atoms with Crippen molar-refractivity contribution >= 4 is 26.5 Å². The first-order chi connectivity index (χ1) is 12.0. The van der Waals surface area contributed by atoms with Gasteiger partial charge in [0.2, 0.25) is 15.2 Å². The van der Waals surface area contributed by atoms with Gasteiger partial charge in [0, 0.05) is 6.54 Å². The zero-order valence-corrected chi connectivity index (χ0v) is 14.8. The van der Waals surface area contributed by atoms with Crippen molar-refractivity contribution in [2.24, 2.45) is 0 Å². The lowest BCUT2D eigenvalue weighted by molar-refractivity contribution is 0.304. The maximum absolute atomic E-state index is 12.3. The molecule has 0 aliphatic carbocycles. The van der Waals surface area contributed by atoms with Gasteiger partial charge in [-0.2, -0.15) is 0 Å². The molecule has 0 aliphatic heterocycles. The lowest BCUT2D eigenvalue weighted by atomic mass is 10.2. The molecule has 3 aromatic rings. The molecule has 0 fully saturated rings.